The highest BCUT2D eigenvalue weighted by Gasteiger charge is 2.26. The fraction of sp³-hybridized carbons (Fsp3) is 0.462. The van der Waals surface area contributed by atoms with E-state index in [-0.39, 0.29) is 18.4 Å². The summed E-state index contributed by atoms with van der Waals surface area (Å²) in [6, 6.07) is 4.96. The van der Waals surface area contributed by atoms with Crippen LogP contribution in [0.2, 0.25) is 0 Å². The Hall–Kier alpha value is -1.47. The van der Waals surface area contributed by atoms with Gasteiger partial charge in [-0.25, -0.2) is 17.5 Å². The van der Waals surface area contributed by atoms with Gasteiger partial charge in [0, 0.05) is 12.5 Å². The maximum Gasteiger partial charge on any atom is 0.222 e. The van der Waals surface area contributed by atoms with Crippen LogP contribution >= 0.6 is 0 Å². The number of halogens is 1. The Labute approximate surface area is 117 Å². The number of hydrogen-bond acceptors (Lipinski definition) is 3. The molecular weight excluding hydrogens is 283 g/mol. The van der Waals surface area contributed by atoms with E-state index in [4.69, 9.17) is 0 Å². The molecule has 0 aliphatic heterocycles. The van der Waals surface area contributed by atoms with Crippen LogP contribution in [-0.4, -0.2) is 26.6 Å². The fourth-order valence-electron chi connectivity index (χ4n) is 1.88. The molecule has 1 aromatic rings. The van der Waals surface area contributed by atoms with Gasteiger partial charge < -0.3 is 5.32 Å². The van der Waals surface area contributed by atoms with Gasteiger partial charge in [-0.1, -0.05) is 12.1 Å². The summed E-state index contributed by atoms with van der Waals surface area (Å²) in [7, 11) is -3.46. The first-order valence-electron chi connectivity index (χ1n) is 6.35. The second-order valence-electron chi connectivity index (χ2n) is 5.04. The smallest absolute Gasteiger partial charge is 0.222 e. The third-order valence-electron chi connectivity index (χ3n) is 2.96. The number of carbonyl (C=O) groups excluding carboxylic acids is 1. The minimum absolute atomic E-state index is 0.00476. The second-order valence-corrected chi connectivity index (χ2v) is 6.82. The van der Waals surface area contributed by atoms with Gasteiger partial charge in [-0.3, -0.25) is 4.79 Å². The van der Waals surface area contributed by atoms with Gasteiger partial charge >= 0.3 is 0 Å². The minimum atomic E-state index is -3.46. The monoisotopic (exact) mass is 300 g/mol. The fourth-order valence-corrected chi connectivity index (χ4v) is 2.62. The summed E-state index contributed by atoms with van der Waals surface area (Å²) >= 11 is 0. The molecule has 0 aromatic heterocycles. The van der Waals surface area contributed by atoms with Crippen molar-refractivity contribution in [1.82, 2.24) is 10.0 Å². The Bertz CT molecular complexity index is 582. The van der Waals surface area contributed by atoms with Crippen molar-refractivity contribution in [2.24, 2.45) is 0 Å². The third kappa shape index (κ3) is 4.90. The van der Waals surface area contributed by atoms with Crippen LogP contribution in [0, 0.1) is 5.82 Å². The molecule has 110 valence electrons. The molecule has 2 rings (SSSR count). The van der Waals surface area contributed by atoms with Gasteiger partial charge in [0.2, 0.25) is 15.9 Å². The molecule has 0 saturated heterocycles. The van der Waals surface area contributed by atoms with Gasteiger partial charge in [-0.15, -0.1) is 0 Å². The predicted octanol–water partition coefficient (Wildman–Crippen LogP) is 1.08. The molecule has 1 aromatic carbocycles. The summed E-state index contributed by atoms with van der Waals surface area (Å²) in [5.74, 6) is -0.618. The molecule has 0 bridgehead atoms. The Morgan fingerprint density at radius 1 is 1.35 bits per heavy atom. The van der Waals surface area contributed by atoms with Crippen molar-refractivity contribution in [3.63, 3.8) is 0 Å². The van der Waals surface area contributed by atoms with Crippen LogP contribution in [0.25, 0.3) is 0 Å². The van der Waals surface area contributed by atoms with Crippen LogP contribution in [0.15, 0.2) is 24.3 Å². The Morgan fingerprint density at radius 2 is 1.95 bits per heavy atom. The highest BCUT2D eigenvalue weighted by molar-refractivity contribution is 7.88. The molecule has 0 heterocycles. The van der Waals surface area contributed by atoms with Crippen molar-refractivity contribution in [2.45, 2.75) is 31.3 Å². The molecule has 0 unspecified atom stereocenters. The summed E-state index contributed by atoms with van der Waals surface area (Å²) in [4.78, 5) is 11.8. The number of amides is 1. The van der Waals surface area contributed by atoms with Crippen molar-refractivity contribution in [1.29, 1.82) is 0 Å². The summed E-state index contributed by atoms with van der Waals surface area (Å²) in [5, 5.41) is 2.80. The van der Waals surface area contributed by atoms with E-state index in [1.54, 1.807) is 0 Å². The van der Waals surface area contributed by atoms with E-state index < -0.39 is 21.9 Å². The molecule has 1 atom stereocenters. The van der Waals surface area contributed by atoms with Gasteiger partial charge in [-0.05, 0) is 30.5 Å². The molecule has 1 fully saturated rings. The minimum Gasteiger partial charge on any atom is -0.353 e. The SMILES string of the molecule is CS(=O)(=O)N[C@H](CC(=O)NC1CC1)c1ccc(F)cc1. The van der Waals surface area contributed by atoms with E-state index >= 15 is 0 Å². The second kappa shape index (κ2) is 5.88. The molecular formula is C13H17FN2O3S. The molecule has 2 N–H and O–H groups in total. The highest BCUT2D eigenvalue weighted by atomic mass is 32.2. The largest absolute Gasteiger partial charge is 0.353 e. The van der Waals surface area contributed by atoms with Crippen LogP contribution in [0.1, 0.15) is 30.9 Å². The van der Waals surface area contributed by atoms with Gasteiger partial charge in [0.1, 0.15) is 5.82 Å². The summed E-state index contributed by atoms with van der Waals surface area (Å²) in [6.07, 6.45) is 2.95. The summed E-state index contributed by atoms with van der Waals surface area (Å²) < 4.78 is 38.1. The zero-order chi connectivity index (χ0) is 14.8. The first-order chi connectivity index (χ1) is 9.33. The highest BCUT2D eigenvalue weighted by Crippen LogP contribution is 2.22. The Morgan fingerprint density at radius 3 is 2.45 bits per heavy atom. The molecule has 1 saturated carbocycles. The van der Waals surface area contributed by atoms with E-state index in [2.05, 4.69) is 10.0 Å². The lowest BCUT2D eigenvalue weighted by Crippen LogP contribution is -2.34. The van der Waals surface area contributed by atoms with Gasteiger partial charge in [0.25, 0.3) is 0 Å². The molecule has 0 spiro atoms. The van der Waals surface area contributed by atoms with Crippen LogP contribution in [0.3, 0.4) is 0 Å². The normalized spacial score (nSPS) is 16.7. The van der Waals surface area contributed by atoms with E-state index in [1.165, 1.54) is 24.3 Å². The topological polar surface area (TPSA) is 75.3 Å². The van der Waals surface area contributed by atoms with E-state index in [0.29, 0.717) is 5.56 Å². The lowest BCUT2D eigenvalue weighted by Gasteiger charge is -2.17. The van der Waals surface area contributed by atoms with Crippen LogP contribution in [0.4, 0.5) is 4.39 Å². The van der Waals surface area contributed by atoms with E-state index in [1.807, 2.05) is 0 Å². The van der Waals surface area contributed by atoms with Crippen molar-refractivity contribution < 1.29 is 17.6 Å². The first kappa shape index (κ1) is 14.9. The molecule has 0 radical (unpaired) electrons. The lowest BCUT2D eigenvalue weighted by molar-refractivity contribution is -0.121. The van der Waals surface area contributed by atoms with Gasteiger partial charge in [0.15, 0.2) is 0 Å². The van der Waals surface area contributed by atoms with E-state index in [9.17, 15) is 17.6 Å². The van der Waals surface area contributed by atoms with Crippen molar-refractivity contribution >= 4 is 15.9 Å². The first-order valence-corrected chi connectivity index (χ1v) is 8.25. The van der Waals surface area contributed by atoms with Crippen LogP contribution < -0.4 is 10.0 Å². The van der Waals surface area contributed by atoms with E-state index in [0.717, 1.165) is 19.1 Å². The number of rotatable bonds is 6. The molecule has 5 nitrogen and oxygen atoms in total. The average molecular weight is 300 g/mol. The molecule has 1 aliphatic carbocycles. The quantitative estimate of drug-likeness (QED) is 0.825. The van der Waals surface area contributed by atoms with Crippen molar-refractivity contribution in [2.75, 3.05) is 6.26 Å². The summed E-state index contributed by atoms with van der Waals surface area (Å²) in [6.45, 7) is 0. The number of benzene rings is 1. The lowest BCUT2D eigenvalue weighted by atomic mass is 10.0. The number of hydrogen-bond donors (Lipinski definition) is 2. The number of carbonyl (C=O) groups is 1. The summed E-state index contributed by atoms with van der Waals surface area (Å²) in [5.41, 5.74) is 0.558. The average Bonchev–Trinajstić information content (AvgIpc) is 3.11. The van der Waals surface area contributed by atoms with Gasteiger partial charge in [0.05, 0.1) is 12.3 Å². The zero-order valence-corrected chi connectivity index (χ0v) is 11.9. The van der Waals surface area contributed by atoms with Crippen molar-refractivity contribution in [3.8, 4) is 0 Å². The Kier molecular flexibility index (Phi) is 4.39. The maximum atomic E-state index is 12.9. The zero-order valence-electron chi connectivity index (χ0n) is 11.1. The van der Waals surface area contributed by atoms with Crippen LogP contribution in [0.5, 0.6) is 0 Å². The van der Waals surface area contributed by atoms with Crippen molar-refractivity contribution in [3.05, 3.63) is 35.6 Å². The Balaban J connectivity index is 2.10. The molecule has 1 amide bonds. The number of sulfonamides is 1. The third-order valence-corrected chi connectivity index (χ3v) is 3.67. The number of nitrogens with one attached hydrogen (secondary N) is 2. The van der Waals surface area contributed by atoms with Crippen LogP contribution in [-0.2, 0) is 14.8 Å². The maximum absolute atomic E-state index is 12.9. The van der Waals surface area contributed by atoms with Gasteiger partial charge in [-0.2, -0.15) is 0 Å². The predicted molar refractivity (Wildman–Crippen MR) is 72.9 cm³/mol. The molecule has 1 aliphatic rings. The molecule has 7 heteroatoms. The standard InChI is InChI=1S/C13H17FN2O3S/c1-20(18,19)16-12(8-13(17)15-11-6-7-11)9-2-4-10(14)5-3-9/h2-5,11-12,16H,6-8H2,1H3,(H,15,17)/t12-/m1/s1. The molecule has 20 heavy (non-hydrogen) atoms.